The molecule has 8 heteroatoms. The number of benzodiazepines with no additional fused rings is 1. The molecule has 6 nitrogen and oxygen atoms in total. The van der Waals surface area contributed by atoms with Gasteiger partial charge in [0.25, 0.3) is 5.91 Å². The molecule has 0 spiro atoms. The number of anilines is 2. The lowest BCUT2D eigenvalue weighted by atomic mass is 10.0. The van der Waals surface area contributed by atoms with E-state index in [-0.39, 0.29) is 5.69 Å². The Balaban J connectivity index is 1.69. The molecule has 1 aliphatic heterocycles. The Hall–Kier alpha value is -4.07. The second kappa shape index (κ2) is 8.35. The highest BCUT2D eigenvalue weighted by atomic mass is 19.1. The Morgan fingerprint density at radius 1 is 1.00 bits per heavy atom. The standard InChI is InChI=1S/C23H18F2N4O2/c1-29-19-10-6-5-9-16(19)20(14-7-3-2-4-8-14)27-21(22(29)30)28-23(31)26-18-13-15(24)11-12-17(18)25/h2-13,21H,1H3,(H2,26,28,31)/t21-/m0/s1. The molecule has 0 saturated heterocycles. The molecule has 0 saturated carbocycles. The average molecular weight is 420 g/mol. The van der Waals surface area contributed by atoms with E-state index >= 15 is 0 Å². The van der Waals surface area contributed by atoms with Crippen LogP contribution in [0, 0.1) is 11.6 Å². The normalized spacial score (nSPS) is 15.6. The maximum Gasteiger partial charge on any atom is 0.321 e. The third-order valence-electron chi connectivity index (χ3n) is 4.83. The van der Waals surface area contributed by atoms with Crippen molar-refractivity contribution in [2.24, 2.45) is 4.99 Å². The number of hydrogen-bond donors (Lipinski definition) is 2. The summed E-state index contributed by atoms with van der Waals surface area (Å²) in [7, 11) is 1.59. The first-order valence-corrected chi connectivity index (χ1v) is 9.47. The zero-order chi connectivity index (χ0) is 22.0. The Morgan fingerprint density at radius 3 is 2.48 bits per heavy atom. The van der Waals surface area contributed by atoms with E-state index in [0.717, 1.165) is 29.3 Å². The summed E-state index contributed by atoms with van der Waals surface area (Å²) in [5.41, 5.74) is 2.31. The van der Waals surface area contributed by atoms with Crippen LogP contribution in [0.5, 0.6) is 0 Å². The van der Waals surface area contributed by atoms with Crippen LogP contribution >= 0.6 is 0 Å². The fourth-order valence-corrected chi connectivity index (χ4v) is 3.32. The second-order valence-electron chi connectivity index (χ2n) is 6.88. The van der Waals surface area contributed by atoms with Crippen LogP contribution in [0.4, 0.5) is 25.0 Å². The molecular weight excluding hydrogens is 402 g/mol. The minimum absolute atomic E-state index is 0.345. The Kier molecular flexibility index (Phi) is 5.44. The minimum atomic E-state index is -1.27. The van der Waals surface area contributed by atoms with Gasteiger partial charge in [0, 0.05) is 24.2 Å². The van der Waals surface area contributed by atoms with Gasteiger partial charge in [0.15, 0.2) is 0 Å². The van der Waals surface area contributed by atoms with Gasteiger partial charge >= 0.3 is 6.03 Å². The van der Waals surface area contributed by atoms with Crippen molar-refractivity contribution in [1.29, 1.82) is 0 Å². The average Bonchev–Trinajstić information content (AvgIpc) is 2.88. The van der Waals surface area contributed by atoms with Gasteiger partial charge in [-0.15, -0.1) is 0 Å². The van der Waals surface area contributed by atoms with Crippen LogP contribution in [0.2, 0.25) is 0 Å². The molecule has 3 aromatic rings. The third-order valence-corrected chi connectivity index (χ3v) is 4.83. The molecule has 0 bridgehead atoms. The number of hydrogen-bond acceptors (Lipinski definition) is 3. The van der Waals surface area contributed by atoms with Gasteiger partial charge in [-0.3, -0.25) is 4.79 Å². The van der Waals surface area contributed by atoms with Crippen LogP contribution in [-0.2, 0) is 4.79 Å². The molecule has 0 fully saturated rings. The lowest BCUT2D eigenvalue weighted by molar-refractivity contribution is -0.119. The molecule has 4 rings (SSSR count). The summed E-state index contributed by atoms with van der Waals surface area (Å²) in [6.07, 6.45) is -1.27. The molecule has 0 unspecified atom stereocenters. The summed E-state index contributed by atoms with van der Waals surface area (Å²) in [5.74, 6) is -1.99. The highest BCUT2D eigenvalue weighted by molar-refractivity contribution is 6.20. The first kappa shape index (κ1) is 20.2. The van der Waals surface area contributed by atoms with Gasteiger partial charge in [0.1, 0.15) is 11.6 Å². The van der Waals surface area contributed by atoms with Gasteiger partial charge in [-0.2, -0.15) is 0 Å². The van der Waals surface area contributed by atoms with Crippen LogP contribution < -0.4 is 15.5 Å². The zero-order valence-electron chi connectivity index (χ0n) is 16.5. The summed E-state index contributed by atoms with van der Waals surface area (Å²) in [4.78, 5) is 31.4. The number of carbonyl (C=O) groups is 2. The van der Waals surface area contributed by atoms with Crippen molar-refractivity contribution >= 4 is 29.0 Å². The molecule has 1 heterocycles. The molecule has 1 aliphatic rings. The molecule has 3 amide bonds. The van der Waals surface area contributed by atoms with Crippen molar-refractivity contribution in [1.82, 2.24) is 5.32 Å². The first-order valence-electron chi connectivity index (χ1n) is 9.47. The maximum absolute atomic E-state index is 13.9. The Labute approximate surface area is 177 Å². The topological polar surface area (TPSA) is 73.8 Å². The summed E-state index contributed by atoms with van der Waals surface area (Å²) in [6, 6.07) is 18.3. The van der Waals surface area contributed by atoms with E-state index in [4.69, 9.17) is 0 Å². The number of likely N-dealkylation sites (N-methyl/N-ethyl adjacent to an activating group) is 1. The van der Waals surface area contributed by atoms with Gasteiger partial charge in [0.2, 0.25) is 6.17 Å². The number of halogens is 2. The van der Waals surface area contributed by atoms with Gasteiger partial charge in [0.05, 0.1) is 17.1 Å². The molecule has 3 aromatic carbocycles. The van der Waals surface area contributed by atoms with E-state index in [1.807, 2.05) is 42.5 Å². The van der Waals surface area contributed by atoms with Gasteiger partial charge in [-0.05, 0) is 18.2 Å². The van der Waals surface area contributed by atoms with Crippen LogP contribution in [-0.4, -0.2) is 30.9 Å². The number of nitrogens with one attached hydrogen (secondary N) is 2. The van der Waals surface area contributed by atoms with Crippen molar-refractivity contribution in [3.8, 4) is 0 Å². The number of urea groups is 1. The number of carbonyl (C=O) groups excluding carboxylic acids is 2. The fourth-order valence-electron chi connectivity index (χ4n) is 3.32. The summed E-state index contributed by atoms with van der Waals surface area (Å²) in [5, 5.41) is 4.68. The summed E-state index contributed by atoms with van der Waals surface area (Å²) < 4.78 is 27.3. The quantitative estimate of drug-likeness (QED) is 0.674. The Bertz CT molecular complexity index is 1180. The molecule has 156 valence electrons. The number of benzene rings is 3. The summed E-state index contributed by atoms with van der Waals surface area (Å²) in [6.45, 7) is 0. The number of fused-ring (bicyclic) bond motifs is 1. The van der Waals surface area contributed by atoms with Crippen molar-refractivity contribution < 1.29 is 18.4 Å². The predicted octanol–water partition coefficient (Wildman–Crippen LogP) is 3.93. The minimum Gasteiger partial charge on any atom is -0.311 e. The molecule has 31 heavy (non-hydrogen) atoms. The van der Waals surface area contributed by atoms with E-state index in [1.54, 1.807) is 19.2 Å². The summed E-state index contributed by atoms with van der Waals surface area (Å²) >= 11 is 0. The van der Waals surface area contributed by atoms with Crippen molar-refractivity contribution in [3.63, 3.8) is 0 Å². The zero-order valence-corrected chi connectivity index (χ0v) is 16.5. The lowest BCUT2D eigenvalue weighted by Gasteiger charge is -2.21. The highest BCUT2D eigenvalue weighted by Gasteiger charge is 2.31. The van der Waals surface area contributed by atoms with Gasteiger partial charge in [-0.1, -0.05) is 48.5 Å². The maximum atomic E-state index is 13.9. The second-order valence-corrected chi connectivity index (χ2v) is 6.88. The number of nitrogens with zero attached hydrogens (tertiary/aromatic N) is 2. The molecule has 0 radical (unpaired) electrons. The molecule has 2 N–H and O–H groups in total. The lowest BCUT2D eigenvalue weighted by Crippen LogP contribution is -2.47. The number of rotatable bonds is 3. The van der Waals surface area contributed by atoms with E-state index in [0.29, 0.717) is 11.4 Å². The van der Waals surface area contributed by atoms with Gasteiger partial charge < -0.3 is 15.5 Å². The first-order chi connectivity index (χ1) is 14.9. The van der Waals surface area contributed by atoms with Crippen LogP contribution in [0.3, 0.4) is 0 Å². The van der Waals surface area contributed by atoms with E-state index < -0.39 is 29.7 Å². The largest absolute Gasteiger partial charge is 0.321 e. The van der Waals surface area contributed by atoms with E-state index in [9.17, 15) is 18.4 Å². The third kappa shape index (κ3) is 4.13. The van der Waals surface area contributed by atoms with Crippen molar-refractivity contribution in [2.45, 2.75) is 6.17 Å². The molecule has 0 aliphatic carbocycles. The van der Waals surface area contributed by atoms with E-state index in [2.05, 4.69) is 15.6 Å². The predicted molar refractivity (Wildman–Crippen MR) is 114 cm³/mol. The smallest absolute Gasteiger partial charge is 0.311 e. The van der Waals surface area contributed by atoms with Crippen molar-refractivity contribution in [3.05, 3.63) is 95.6 Å². The SMILES string of the molecule is CN1C(=O)[C@H](NC(=O)Nc2cc(F)ccc2F)N=C(c2ccccc2)c2ccccc21. The molecular formula is C23H18F2N4O2. The van der Waals surface area contributed by atoms with E-state index in [1.165, 1.54) is 4.90 Å². The van der Waals surface area contributed by atoms with Gasteiger partial charge in [-0.25, -0.2) is 18.6 Å². The highest BCUT2D eigenvalue weighted by Crippen LogP contribution is 2.27. The van der Waals surface area contributed by atoms with Crippen LogP contribution in [0.1, 0.15) is 11.1 Å². The van der Waals surface area contributed by atoms with Crippen LogP contribution in [0.15, 0.2) is 77.8 Å². The monoisotopic (exact) mass is 420 g/mol. The Morgan fingerprint density at radius 2 is 1.71 bits per heavy atom. The number of amides is 3. The molecule has 0 aromatic heterocycles. The molecule has 1 atom stereocenters. The fraction of sp³-hybridized carbons (Fsp3) is 0.0870. The van der Waals surface area contributed by atoms with Crippen molar-refractivity contribution in [2.75, 3.05) is 17.3 Å². The van der Waals surface area contributed by atoms with Crippen LogP contribution in [0.25, 0.3) is 0 Å². The number of para-hydroxylation sites is 1. The number of aliphatic imine (C=N–C) groups is 1.